The van der Waals surface area contributed by atoms with Gasteiger partial charge in [0.25, 0.3) is 5.91 Å². The third-order valence-electron chi connectivity index (χ3n) is 3.34. The molecule has 19 heavy (non-hydrogen) atoms. The smallest absolute Gasteiger partial charge is 0.262 e. The normalized spacial score (nSPS) is 23.2. The van der Waals surface area contributed by atoms with Crippen LogP contribution in [-0.2, 0) is 4.74 Å². The molecule has 1 saturated carbocycles. The number of rotatable bonds is 6. The molecule has 0 atom stereocenters. The molecule has 106 valence electrons. The fraction of sp³-hybridized carbons (Fsp3) is 0.692. The van der Waals surface area contributed by atoms with Gasteiger partial charge in [0.15, 0.2) is 0 Å². The van der Waals surface area contributed by atoms with E-state index in [1.807, 2.05) is 0 Å². The molecule has 2 rings (SSSR count). The van der Waals surface area contributed by atoms with E-state index in [9.17, 15) is 4.79 Å². The van der Waals surface area contributed by atoms with Gasteiger partial charge in [-0.1, -0.05) is 0 Å². The Morgan fingerprint density at radius 3 is 2.95 bits per heavy atom. The number of ether oxygens (including phenoxy) is 1. The van der Waals surface area contributed by atoms with Crippen molar-refractivity contribution in [2.24, 2.45) is 5.73 Å². The first-order valence-electron chi connectivity index (χ1n) is 6.79. The molecule has 0 bridgehead atoms. The Kier molecular flexibility index (Phi) is 5.75. The molecular formula is C13H21N3O2S. The SMILES string of the molecule is NC1CCC(OCCCNC(=O)c2cncs2)CC1. The monoisotopic (exact) mass is 283 g/mol. The van der Waals surface area contributed by atoms with Crippen molar-refractivity contribution >= 4 is 17.2 Å². The lowest BCUT2D eigenvalue weighted by Gasteiger charge is -2.26. The number of nitrogens with one attached hydrogen (secondary N) is 1. The maximum atomic E-state index is 11.6. The maximum absolute atomic E-state index is 11.6. The van der Waals surface area contributed by atoms with E-state index < -0.39 is 0 Å². The van der Waals surface area contributed by atoms with E-state index in [2.05, 4.69) is 10.3 Å². The summed E-state index contributed by atoms with van der Waals surface area (Å²) < 4.78 is 5.79. The van der Waals surface area contributed by atoms with Crippen LogP contribution in [0, 0.1) is 0 Å². The molecular weight excluding hydrogens is 262 g/mol. The summed E-state index contributed by atoms with van der Waals surface area (Å²) in [5, 5.41) is 2.86. The zero-order valence-corrected chi connectivity index (χ0v) is 11.8. The topological polar surface area (TPSA) is 77.2 Å². The van der Waals surface area contributed by atoms with Crippen molar-refractivity contribution in [2.75, 3.05) is 13.2 Å². The Hall–Kier alpha value is -0.980. The first-order chi connectivity index (χ1) is 9.25. The summed E-state index contributed by atoms with van der Waals surface area (Å²) in [5.41, 5.74) is 7.50. The third kappa shape index (κ3) is 4.89. The van der Waals surface area contributed by atoms with E-state index in [0.717, 1.165) is 32.1 Å². The average Bonchev–Trinajstić information content (AvgIpc) is 2.94. The Labute approximate surface area is 117 Å². The van der Waals surface area contributed by atoms with Gasteiger partial charge in [0.1, 0.15) is 4.88 Å². The number of carbonyl (C=O) groups excluding carboxylic acids is 1. The molecule has 1 aliphatic rings. The Bertz CT molecular complexity index is 375. The van der Waals surface area contributed by atoms with Crippen LogP contribution in [0.3, 0.4) is 0 Å². The van der Waals surface area contributed by atoms with Gasteiger partial charge in [-0.2, -0.15) is 0 Å². The van der Waals surface area contributed by atoms with Gasteiger partial charge in [0.2, 0.25) is 0 Å². The molecule has 0 saturated heterocycles. The van der Waals surface area contributed by atoms with Crippen LogP contribution in [0.15, 0.2) is 11.7 Å². The van der Waals surface area contributed by atoms with Gasteiger partial charge in [-0.3, -0.25) is 9.78 Å². The highest BCUT2D eigenvalue weighted by atomic mass is 32.1. The zero-order valence-electron chi connectivity index (χ0n) is 11.0. The zero-order chi connectivity index (χ0) is 13.5. The van der Waals surface area contributed by atoms with Crippen molar-refractivity contribution in [2.45, 2.75) is 44.2 Å². The maximum Gasteiger partial charge on any atom is 0.262 e. The van der Waals surface area contributed by atoms with Gasteiger partial charge in [0.05, 0.1) is 17.8 Å². The quantitative estimate of drug-likeness (QED) is 0.777. The lowest BCUT2D eigenvalue weighted by atomic mass is 9.94. The predicted molar refractivity (Wildman–Crippen MR) is 75.2 cm³/mol. The van der Waals surface area contributed by atoms with Crippen molar-refractivity contribution < 1.29 is 9.53 Å². The predicted octanol–water partition coefficient (Wildman–Crippen LogP) is 1.55. The van der Waals surface area contributed by atoms with Crippen LogP contribution >= 0.6 is 11.3 Å². The number of carbonyl (C=O) groups is 1. The summed E-state index contributed by atoms with van der Waals surface area (Å²) in [7, 11) is 0. The highest BCUT2D eigenvalue weighted by Crippen LogP contribution is 2.19. The number of hydrogen-bond donors (Lipinski definition) is 2. The molecule has 0 aliphatic heterocycles. The number of hydrogen-bond acceptors (Lipinski definition) is 5. The van der Waals surface area contributed by atoms with Gasteiger partial charge < -0.3 is 15.8 Å². The molecule has 0 spiro atoms. The lowest BCUT2D eigenvalue weighted by Crippen LogP contribution is -2.31. The molecule has 0 unspecified atom stereocenters. The second kappa shape index (κ2) is 7.57. The molecule has 1 aliphatic carbocycles. The molecule has 0 aromatic carbocycles. The first kappa shape index (κ1) is 14.4. The highest BCUT2D eigenvalue weighted by molar-refractivity contribution is 7.11. The van der Waals surface area contributed by atoms with E-state index in [1.54, 1.807) is 11.7 Å². The van der Waals surface area contributed by atoms with Crippen molar-refractivity contribution in [3.05, 3.63) is 16.6 Å². The van der Waals surface area contributed by atoms with Crippen LogP contribution in [-0.4, -0.2) is 36.2 Å². The molecule has 1 heterocycles. The first-order valence-corrected chi connectivity index (χ1v) is 7.67. The standard InChI is InChI=1S/C13H21N3O2S/c14-10-2-4-11(5-3-10)18-7-1-6-16-13(17)12-8-15-9-19-12/h8-11H,1-7,14H2,(H,16,17). The summed E-state index contributed by atoms with van der Waals surface area (Å²) in [5.74, 6) is -0.0499. The number of aromatic nitrogens is 1. The third-order valence-corrected chi connectivity index (χ3v) is 4.11. The summed E-state index contributed by atoms with van der Waals surface area (Å²) in [6.45, 7) is 1.34. The van der Waals surface area contributed by atoms with Crippen LogP contribution in [0.2, 0.25) is 0 Å². The number of nitrogens with zero attached hydrogens (tertiary/aromatic N) is 1. The molecule has 5 nitrogen and oxygen atoms in total. The number of nitrogens with two attached hydrogens (primary N) is 1. The van der Waals surface area contributed by atoms with Gasteiger partial charge >= 0.3 is 0 Å². The van der Waals surface area contributed by atoms with Gasteiger partial charge in [0, 0.05) is 19.2 Å². The fourth-order valence-electron chi connectivity index (χ4n) is 2.19. The van der Waals surface area contributed by atoms with E-state index in [1.165, 1.54) is 11.3 Å². The molecule has 1 amide bonds. The molecule has 3 N–H and O–H groups in total. The van der Waals surface area contributed by atoms with Gasteiger partial charge in [-0.25, -0.2) is 0 Å². The second-order valence-electron chi connectivity index (χ2n) is 4.88. The number of thiazole rings is 1. The van der Waals surface area contributed by atoms with E-state index >= 15 is 0 Å². The lowest BCUT2D eigenvalue weighted by molar-refractivity contribution is 0.0241. The largest absolute Gasteiger partial charge is 0.378 e. The second-order valence-corrected chi connectivity index (χ2v) is 5.77. The van der Waals surface area contributed by atoms with E-state index in [-0.39, 0.29) is 5.91 Å². The minimum Gasteiger partial charge on any atom is -0.378 e. The number of amides is 1. The molecule has 6 heteroatoms. The van der Waals surface area contributed by atoms with Crippen LogP contribution in [0.1, 0.15) is 41.8 Å². The van der Waals surface area contributed by atoms with Crippen LogP contribution in [0.4, 0.5) is 0 Å². The molecule has 1 fully saturated rings. The van der Waals surface area contributed by atoms with E-state index in [0.29, 0.717) is 30.2 Å². The Morgan fingerprint density at radius 1 is 1.47 bits per heavy atom. The summed E-state index contributed by atoms with van der Waals surface area (Å²) in [4.78, 5) is 16.1. The van der Waals surface area contributed by atoms with Crippen molar-refractivity contribution in [1.82, 2.24) is 10.3 Å². The van der Waals surface area contributed by atoms with E-state index in [4.69, 9.17) is 10.5 Å². The van der Waals surface area contributed by atoms with Crippen LogP contribution < -0.4 is 11.1 Å². The Morgan fingerprint density at radius 2 is 2.26 bits per heavy atom. The van der Waals surface area contributed by atoms with Crippen LogP contribution in [0.25, 0.3) is 0 Å². The minimum atomic E-state index is -0.0499. The van der Waals surface area contributed by atoms with Gasteiger partial charge in [-0.05, 0) is 32.1 Å². The van der Waals surface area contributed by atoms with Crippen LogP contribution in [0.5, 0.6) is 0 Å². The molecule has 0 radical (unpaired) electrons. The Balaban J connectivity index is 1.51. The van der Waals surface area contributed by atoms with Crippen molar-refractivity contribution in [3.8, 4) is 0 Å². The average molecular weight is 283 g/mol. The van der Waals surface area contributed by atoms with Gasteiger partial charge in [-0.15, -0.1) is 11.3 Å². The fourth-order valence-corrected chi connectivity index (χ4v) is 2.73. The van der Waals surface area contributed by atoms with Crippen molar-refractivity contribution in [3.63, 3.8) is 0 Å². The molecule has 1 aromatic rings. The highest BCUT2D eigenvalue weighted by Gasteiger charge is 2.18. The summed E-state index contributed by atoms with van der Waals surface area (Å²) in [6, 6.07) is 0.360. The minimum absolute atomic E-state index is 0.0499. The summed E-state index contributed by atoms with van der Waals surface area (Å²) >= 11 is 1.35. The summed E-state index contributed by atoms with van der Waals surface area (Å²) in [6.07, 6.45) is 7.04. The molecule has 1 aromatic heterocycles. The van der Waals surface area contributed by atoms with Crippen molar-refractivity contribution in [1.29, 1.82) is 0 Å².